The van der Waals surface area contributed by atoms with Gasteiger partial charge in [-0.3, -0.25) is 0 Å². The van der Waals surface area contributed by atoms with Crippen LogP contribution in [0.25, 0.3) is 0 Å². The molecule has 6 heteroatoms. The average molecular weight is 248 g/mol. The third-order valence-electron chi connectivity index (χ3n) is 3.00. The van der Waals surface area contributed by atoms with E-state index in [4.69, 9.17) is 5.73 Å². The van der Waals surface area contributed by atoms with E-state index in [9.17, 15) is 0 Å². The smallest absolute Gasteiger partial charge is 0.146 e. The van der Waals surface area contributed by atoms with Crippen LogP contribution in [0.1, 0.15) is 31.8 Å². The van der Waals surface area contributed by atoms with E-state index in [1.807, 2.05) is 21.8 Å². The molecule has 98 valence electrons. The highest BCUT2D eigenvalue weighted by atomic mass is 15.3. The van der Waals surface area contributed by atoms with Gasteiger partial charge in [0.25, 0.3) is 0 Å². The van der Waals surface area contributed by atoms with Gasteiger partial charge in [0.05, 0.1) is 18.6 Å². The lowest BCUT2D eigenvalue weighted by Crippen LogP contribution is -2.21. The second kappa shape index (κ2) is 5.77. The van der Waals surface area contributed by atoms with Crippen LogP contribution < -0.4 is 5.73 Å². The van der Waals surface area contributed by atoms with E-state index < -0.39 is 0 Å². The first-order valence-corrected chi connectivity index (χ1v) is 6.35. The second-order valence-electron chi connectivity index (χ2n) is 4.40. The molecule has 1 atom stereocenters. The van der Waals surface area contributed by atoms with E-state index in [1.165, 1.54) is 0 Å². The molecule has 2 heterocycles. The van der Waals surface area contributed by atoms with Crippen molar-refractivity contribution in [2.24, 2.45) is 5.73 Å². The molecule has 0 saturated heterocycles. The third kappa shape index (κ3) is 2.95. The van der Waals surface area contributed by atoms with Crippen molar-refractivity contribution in [3.8, 4) is 0 Å². The Bertz CT molecular complexity index is 486. The molecule has 2 aromatic heterocycles. The van der Waals surface area contributed by atoms with Crippen molar-refractivity contribution in [1.82, 2.24) is 24.3 Å². The molecule has 2 aromatic rings. The zero-order valence-electron chi connectivity index (χ0n) is 11.0. The fourth-order valence-electron chi connectivity index (χ4n) is 1.85. The minimum absolute atomic E-state index is 0.188. The second-order valence-corrected chi connectivity index (χ2v) is 4.40. The summed E-state index contributed by atoms with van der Waals surface area (Å²) in [6.45, 7) is 5.67. The molecule has 6 nitrogen and oxygen atoms in total. The molecular formula is C12H20N6. The minimum atomic E-state index is 0.188. The maximum atomic E-state index is 5.92. The lowest BCUT2D eigenvalue weighted by Gasteiger charge is -2.05. The van der Waals surface area contributed by atoms with Crippen LogP contribution in [0.2, 0.25) is 0 Å². The molecule has 0 radical (unpaired) electrons. The molecule has 2 rings (SSSR count). The molecule has 18 heavy (non-hydrogen) atoms. The summed E-state index contributed by atoms with van der Waals surface area (Å²) in [7, 11) is 0. The summed E-state index contributed by atoms with van der Waals surface area (Å²) >= 11 is 0. The summed E-state index contributed by atoms with van der Waals surface area (Å²) in [6.07, 6.45) is 7.24. The van der Waals surface area contributed by atoms with Gasteiger partial charge in [-0.05, 0) is 13.3 Å². The van der Waals surface area contributed by atoms with Gasteiger partial charge in [0.15, 0.2) is 0 Å². The largest absolute Gasteiger partial charge is 0.330 e. The van der Waals surface area contributed by atoms with Gasteiger partial charge in [-0.1, -0.05) is 6.92 Å². The molecule has 0 spiro atoms. The van der Waals surface area contributed by atoms with E-state index in [0.717, 1.165) is 30.9 Å². The van der Waals surface area contributed by atoms with Crippen LogP contribution in [-0.2, 0) is 19.5 Å². The first-order chi connectivity index (χ1) is 8.72. The third-order valence-corrected chi connectivity index (χ3v) is 3.00. The van der Waals surface area contributed by atoms with Gasteiger partial charge in [-0.15, -0.1) is 0 Å². The highest BCUT2D eigenvalue weighted by molar-refractivity contribution is 5.01. The predicted octanol–water partition coefficient (Wildman–Crippen LogP) is 0.823. The van der Waals surface area contributed by atoms with Crippen LogP contribution >= 0.6 is 0 Å². The quantitative estimate of drug-likeness (QED) is 0.821. The van der Waals surface area contributed by atoms with Crippen molar-refractivity contribution in [3.63, 3.8) is 0 Å². The van der Waals surface area contributed by atoms with Gasteiger partial charge in [0.2, 0.25) is 0 Å². The van der Waals surface area contributed by atoms with Crippen LogP contribution in [0.15, 0.2) is 18.9 Å². The Morgan fingerprint density at radius 2 is 2.17 bits per heavy atom. The van der Waals surface area contributed by atoms with E-state index in [0.29, 0.717) is 6.54 Å². The van der Waals surface area contributed by atoms with Crippen LogP contribution in [0.3, 0.4) is 0 Å². The minimum Gasteiger partial charge on any atom is -0.330 e. The number of imidazole rings is 1. The van der Waals surface area contributed by atoms with Crippen molar-refractivity contribution in [1.29, 1.82) is 0 Å². The zero-order chi connectivity index (χ0) is 13.0. The molecular weight excluding hydrogens is 228 g/mol. The summed E-state index contributed by atoms with van der Waals surface area (Å²) in [5.41, 5.74) is 6.95. The summed E-state index contributed by atoms with van der Waals surface area (Å²) in [5, 5.41) is 4.15. The topological polar surface area (TPSA) is 74.6 Å². The molecule has 0 aliphatic rings. The van der Waals surface area contributed by atoms with Gasteiger partial charge < -0.3 is 10.3 Å². The maximum absolute atomic E-state index is 5.92. The summed E-state index contributed by atoms with van der Waals surface area (Å²) in [6, 6.07) is 0.188. The number of hydrogen-bond acceptors (Lipinski definition) is 4. The summed E-state index contributed by atoms with van der Waals surface area (Å²) in [5.74, 6) is 0.946. The highest BCUT2D eigenvalue weighted by Gasteiger charge is 2.07. The van der Waals surface area contributed by atoms with Gasteiger partial charge in [-0.25, -0.2) is 14.6 Å². The molecule has 0 bridgehead atoms. The van der Waals surface area contributed by atoms with Gasteiger partial charge >= 0.3 is 0 Å². The number of aryl methyl sites for hydroxylation is 1. The number of nitrogens with zero attached hydrogens (tertiary/aromatic N) is 5. The molecule has 0 saturated carbocycles. The van der Waals surface area contributed by atoms with Crippen molar-refractivity contribution in [2.75, 3.05) is 0 Å². The Labute approximate surface area is 107 Å². The zero-order valence-corrected chi connectivity index (χ0v) is 11.0. The van der Waals surface area contributed by atoms with Crippen LogP contribution in [0, 0.1) is 0 Å². The molecule has 0 amide bonds. The number of rotatable bonds is 6. The molecule has 1 unspecified atom stereocenters. The molecule has 0 aliphatic carbocycles. The standard InChI is InChI=1S/C12H20N6/c1-3-10(13)5-11-6-17(9-15-11)7-12-14-8-16-18(12)4-2/h6,8-10H,3-5,7,13H2,1-2H3. The summed E-state index contributed by atoms with van der Waals surface area (Å²) < 4.78 is 3.91. The first kappa shape index (κ1) is 12.8. The monoisotopic (exact) mass is 248 g/mol. The average Bonchev–Trinajstić information content (AvgIpc) is 2.99. The normalized spacial score (nSPS) is 12.8. The molecule has 0 aliphatic heterocycles. The number of aromatic nitrogens is 5. The predicted molar refractivity (Wildman–Crippen MR) is 69.0 cm³/mol. The van der Waals surface area contributed by atoms with E-state index in [2.05, 4.69) is 28.9 Å². The van der Waals surface area contributed by atoms with Gasteiger partial charge in [0, 0.05) is 25.2 Å². The molecule has 0 aromatic carbocycles. The highest BCUT2D eigenvalue weighted by Crippen LogP contribution is 2.04. The van der Waals surface area contributed by atoms with Crippen molar-refractivity contribution < 1.29 is 0 Å². The number of hydrogen-bond donors (Lipinski definition) is 1. The molecule has 0 fully saturated rings. The van der Waals surface area contributed by atoms with Crippen LogP contribution in [-0.4, -0.2) is 30.4 Å². The van der Waals surface area contributed by atoms with Crippen LogP contribution in [0.5, 0.6) is 0 Å². The first-order valence-electron chi connectivity index (χ1n) is 6.35. The number of nitrogens with two attached hydrogens (primary N) is 1. The van der Waals surface area contributed by atoms with Crippen molar-refractivity contribution in [3.05, 3.63) is 30.4 Å². The van der Waals surface area contributed by atoms with Gasteiger partial charge in [-0.2, -0.15) is 5.10 Å². The van der Waals surface area contributed by atoms with Gasteiger partial charge in [0.1, 0.15) is 12.2 Å². The Hall–Kier alpha value is -1.69. The van der Waals surface area contributed by atoms with E-state index >= 15 is 0 Å². The summed E-state index contributed by atoms with van der Waals surface area (Å²) in [4.78, 5) is 8.61. The lowest BCUT2D eigenvalue weighted by molar-refractivity contribution is 0.591. The fraction of sp³-hybridized carbons (Fsp3) is 0.583. The fourth-order valence-corrected chi connectivity index (χ4v) is 1.85. The molecule has 2 N–H and O–H groups in total. The lowest BCUT2D eigenvalue weighted by atomic mass is 10.1. The van der Waals surface area contributed by atoms with Crippen LogP contribution in [0.4, 0.5) is 0 Å². The van der Waals surface area contributed by atoms with E-state index in [1.54, 1.807) is 6.33 Å². The Kier molecular flexibility index (Phi) is 4.09. The van der Waals surface area contributed by atoms with Crippen molar-refractivity contribution in [2.45, 2.75) is 45.8 Å². The Balaban J connectivity index is 2.02. The Morgan fingerprint density at radius 1 is 1.33 bits per heavy atom. The SMILES string of the molecule is CCC(N)Cc1cn(Cc2ncnn2CC)cn1. The van der Waals surface area contributed by atoms with Crippen molar-refractivity contribution >= 4 is 0 Å². The maximum Gasteiger partial charge on any atom is 0.146 e. The Morgan fingerprint density at radius 3 is 2.89 bits per heavy atom. The van der Waals surface area contributed by atoms with E-state index in [-0.39, 0.29) is 6.04 Å².